The maximum atomic E-state index is 13.0. The van der Waals surface area contributed by atoms with Gasteiger partial charge in [-0.05, 0) is 35.2 Å². The summed E-state index contributed by atoms with van der Waals surface area (Å²) >= 11 is 1.61. The van der Waals surface area contributed by atoms with E-state index in [9.17, 15) is 9.59 Å². The van der Waals surface area contributed by atoms with Crippen LogP contribution in [0.4, 0.5) is 0 Å². The molecule has 5 rings (SSSR count). The Labute approximate surface area is 166 Å². The highest BCUT2D eigenvalue weighted by Gasteiger charge is 2.48. The normalized spacial score (nSPS) is 20.6. The molecule has 2 aliphatic rings. The lowest BCUT2D eigenvalue weighted by Crippen LogP contribution is -2.36. The van der Waals surface area contributed by atoms with Crippen molar-refractivity contribution >= 4 is 17.2 Å². The lowest BCUT2D eigenvalue weighted by molar-refractivity contribution is -0.129. The standard InChI is InChI=1S/C21H20N4O2S/c26-17(12-15-6-11-28-13-15)24-9-7-21(14-24)8-10-25-19(27)18(22-23-20(21)25)16-4-2-1-3-5-16/h1-6,11,13H,7-10,12,14H2. The fourth-order valence-corrected chi connectivity index (χ4v) is 5.05. The molecule has 0 saturated carbocycles. The van der Waals surface area contributed by atoms with Crippen molar-refractivity contribution in [1.82, 2.24) is 19.7 Å². The van der Waals surface area contributed by atoms with E-state index in [0.29, 0.717) is 31.7 Å². The maximum Gasteiger partial charge on any atom is 0.280 e. The van der Waals surface area contributed by atoms with E-state index in [1.165, 1.54) is 0 Å². The second kappa shape index (κ2) is 6.67. The molecule has 0 bridgehead atoms. The Kier molecular flexibility index (Phi) is 4.12. The molecule has 2 aromatic heterocycles. The third-order valence-corrected chi connectivity index (χ3v) is 6.66. The Bertz CT molecular complexity index is 1080. The average molecular weight is 392 g/mol. The van der Waals surface area contributed by atoms with Gasteiger partial charge in [-0.2, -0.15) is 11.3 Å². The summed E-state index contributed by atoms with van der Waals surface area (Å²) in [6.07, 6.45) is 2.10. The summed E-state index contributed by atoms with van der Waals surface area (Å²) in [5.41, 5.74) is 1.91. The first kappa shape index (κ1) is 17.3. The smallest absolute Gasteiger partial charge is 0.280 e. The van der Waals surface area contributed by atoms with Gasteiger partial charge in [0.05, 0.1) is 11.8 Å². The molecule has 1 unspecified atom stereocenters. The predicted octanol–water partition coefficient (Wildman–Crippen LogP) is 2.48. The van der Waals surface area contributed by atoms with Crippen molar-refractivity contribution in [2.24, 2.45) is 0 Å². The zero-order valence-electron chi connectivity index (χ0n) is 15.4. The minimum absolute atomic E-state index is 0.0869. The van der Waals surface area contributed by atoms with Crippen LogP contribution in [0.15, 0.2) is 52.0 Å². The molecule has 1 atom stereocenters. The minimum atomic E-state index is -0.244. The topological polar surface area (TPSA) is 68.1 Å². The fraction of sp³-hybridized carbons (Fsp3) is 0.333. The Balaban J connectivity index is 1.42. The molecule has 0 N–H and O–H groups in total. The Morgan fingerprint density at radius 3 is 2.71 bits per heavy atom. The van der Waals surface area contributed by atoms with Crippen LogP contribution >= 0.6 is 11.3 Å². The molecule has 1 amide bonds. The van der Waals surface area contributed by atoms with E-state index in [-0.39, 0.29) is 16.9 Å². The zero-order valence-corrected chi connectivity index (χ0v) is 16.2. The van der Waals surface area contributed by atoms with E-state index in [1.807, 2.05) is 52.1 Å². The van der Waals surface area contributed by atoms with Crippen molar-refractivity contribution in [2.45, 2.75) is 31.2 Å². The highest BCUT2D eigenvalue weighted by Crippen LogP contribution is 2.40. The van der Waals surface area contributed by atoms with Crippen LogP contribution in [0.5, 0.6) is 0 Å². The molecule has 6 nitrogen and oxygen atoms in total. The van der Waals surface area contributed by atoms with E-state index in [0.717, 1.165) is 29.8 Å². The second-order valence-corrected chi connectivity index (χ2v) is 8.38. The molecule has 28 heavy (non-hydrogen) atoms. The van der Waals surface area contributed by atoms with Gasteiger partial charge in [-0.15, -0.1) is 10.2 Å². The van der Waals surface area contributed by atoms with Crippen molar-refractivity contribution in [3.63, 3.8) is 0 Å². The average Bonchev–Trinajstić information content (AvgIpc) is 3.45. The summed E-state index contributed by atoms with van der Waals surface area (Å²) in [5, 5.41) is 12.8. The molecule has 1 fully saturated rings. The van der Waals surface area contributed by atoms with Crippen LogP contribution in [0, 0.1) is 0 Å². The van der Waals surface area contributed by atoms with Gasteiger partial charge in [0.15, 0.2) is 5.69 Å². The number of hydrogen-bond donors (Lipinski definition) is 0. The number of carbonyl (C=O) groups excluding carboxylic acids is 1. The van der Waals surface area contributed by atoms with Crippen molar-refractivity contribution < 1.29 is 4.79 Å². The van der Waals surface area contributed by atoms with Gasteiger partial charge in [-0.3, -0.25) is 14.2 Å². The van der Waals surface area contributed by atoms with Gasteiger partial charge >= 0.3 is 0 Å². The lowest BCUT2D eigenvalue weighted by atomic mass is 9.85. The van der Waals surface area contributed by atoms with E-state index in [2.05, 4.69) is 10.2 Å². The summed E-state index contributed by atoms with van der Waals surface area (Å²) in [7, 11) is 0. The first-order valence-corrected chi connectivity index (χ1v) is 10.4. The molecule has 1 spiro atoms. The number of benzene rings is 1. The molecule has 1 saturated heterocycles. The fourth-order valence-electron chi connectivity index (χ4n) is 4.38. The number of carbonyl (C=O) groups is 1. The second-order valence-electron chi connectivity index (χ2n) is 7.60. The lowest BCUT2D eigenvalue weighted by Gasteiger charge is -2.23. The van der Waals surface area contributed by atoms with Gasteiger partial charge in [0.1, 0.15) is 5.82 Å². The monoisotopic (exact) mass is 392 g/mol. The van der Waals surface area contributed by atoms with Gasteiger partial charge in [0.2, 0.25) is 5.91 Å². The Morgan fingerprint density at radius 1 is 1.11 bits per heavy atom. The van der Waals surface area contributed by atoms with E-state index in [1.54, 1.807) is 15.9 Å². The van der Waals surface area contributed by atoms with Gasteiger partial charge in [-0.25, -0.2) is 0 Å². The quantitative estimate of drug-likeness (QED) is 0.687. The number of hydrogen-bond acceptors (Lipinski definition) is 5. The molecule has 1 aromatic carbocycles. The molecule has 7 heteroatoms. The first-order valence-electron chi connectivity index (χ1n) is 9.49. The SMILES string of the molecule is O=C(Cc1ccsc1)N1CCC2(CCn3c2nnc(-c2ccccc2)c3=O)C1. The van der Waals surface area contributed by atoms with Crippen molar-refractivity contribution in [3.05, 3.63) is 68.9 Å². The Hall–Kier alpha value is -2.80. The predicted molar refractivity (Wildman–Crippen MR) is 107 cm³/mol. The van der Waals surface area contributed by atoms with Crippen LogP contribution in [-0.2, 0) is 23.2 Å². The molecular weight excluding hydrogens is 372 g/mol. The van der Waals surface area contributed by atoms with E-state index >= 15 is 0 Å². The molecule has 3 aromatic rings. The number of aromatic nitrogens is 3. The molecule has 0 radical (unpaired) electrons. The third kappa shape index (κ3) is 2.77. The van der Waals surface area contributed by atoms with Crippen LogP contribution in [0.2, 0.25) is 0 Å². The number of thiophene rings is 1. The number of nitrogens with zero attached hydrogens (tertiary/aromatic N) is 4. The summed E-state index contributed by atoms with van der Waals surface area (Å²) in [5.74, 6) is 0.882. The summed E-state index contributed by atoms with van der Waals surface area (Å²) in [6.45, 7) is 1.96. The number of amides is 1. The Morgan fingerprint density at radius 2 is 1.93 bits per heavy atom. The van der Waals surface area contributed by atoms with Gasteiger partial charge in [0.25, 0.3) is 5.56 Å². The molecule has 142 valence electrons. The van der Waals surface area contributed by atoms with Crippen molar-refractivity contribution in [3.8, 4) is 11.3 Å². The molecule has 4 heterocycles. The molecule has 2 aliphatic heterocycles. The zero-order chi connectivity index (χ0) is 19.1. The summed E-state index contributed by atoms with van der Waals surface area (Å²) in [4.78, 5) is 27.6. The van der Waals surface area contributed by atoms with Gasteiger partial charge in [-0.1, -0.05) is 30.3 Å². The number of rotatable bonds is 3. The van der Waals surface area contributed by atoms with Crippen LogP contribution in [0.1, 0.15) is 24.2 Å². The molecule has 0 aliphatic carbocycles. The highest BCUT2D eigenvalue weighted by molar-refractivity contribution is 7.08. The van der Waals surface area contributed by atoms with Crippen LogP contribution in [0.3, 0.4) is 0 Å². The minimum Gasteiger partial charge on any atom is -0.341 e. The van der Waals surface area contributed by atoms with Crippen molar-refractivity contribution in [2.75, 3.05) is 13.1 Å². The van der Waals surface area contributed by atoms with Gasteiger partial charge in [0, 0.05) is 25.2 Å². The van der Waals surface area contributed by atoms with Crippen LogP contribution in [-0.4, -0.2) is 38.7 Å². The van der Waals surface area contributed by atoms with E-state index in [4.69, 9.17) is 0 Å². The number of likely N-dealkylation sites (tertiary alicyclic amines) is 1. The maximum absolute atomic E-state index is 13.0. The molecular formula is C21H20N4O2S. The van der Waals surface area contributed by atoms with Crippen LogP contribution in [0.25, 0.3) is 11.3 Å². The van der Waals surface area contributed by atoms with Gasteiger partial charge < -0.3 is 4.90 Å². The first-order chi connectivity index (χ1) is 13.7. The largest absolute Gasteiger partial charge is 0.341 e. The van der Waals surface area contributed by atoms with E-state index < -0.39 is 0 Å². The highest BCUT2D eigenvalue weighted by atomic mass is 32.1. The summed E-state index contributed by atoms with van der Waals surface area (Å²) in [6, 6.07) is 11.5. The summed E-state index contributed by atoms with van der Waals surface area (Å²) < 4.78 is 1.77. The number of fused-ring (bicyclic) bond motifs is 2. The van der Waals surface area contributed by atoms with Crippen LogP contribution < -0.4 is 5.56 Å². The third-order valence-electron chi connectivity index (χ3n) is 5.93. The van der Waals surface area contributed by atoms with Crippen molar-refractivity contribution in [1.29, 1.82) is 0 Å².